The lowest BCUT2D eigenvalue weighted by molar-refractivity contribution is -0.175. The van der Waals surface area contributed by atoms with E-state index >= 15 is 0 Å². The summed E-state index contributed by atoms with van der Waals surface area (Å²) in [6, 6.07) is 3.80. The van der Waals surface area contributed by atoms with Crippen molar-refractivity contribution in [2.45, 2.75) is 12.7 Å². The van der Waals surface area contributed by atoms with Crippen molar-refractivity contribution >= 4 is 11.3 Å². The third kappa shape index (κ3) is 4.11. The van der Waals surface area contributed by atoms with Crippen LogP contribution in [0.1, 0.15) is 4.88 Å². The van der Waals surface area contributed by atoms with Gasteiger partial charge in [0.2, 0.25) is 0 Å². The summed E-state index contributed by atoms with van der Waals surface area (Å²) in [6.45, 7) is 0.112. The van der Waals surface area contributed by atoms with E-state index in [4.69, 9.17) is 5.73 Å². The molecule has 0 saturated carbocycles. The first-order valence-electron chi connectivity index (χ1n) is 4.91. The van der Waals surface area contributed by atoms with Gasteiger partial charge >= 0.3 is 6.18 Å². The van der Waals surface area contributed by atoms with Gasteiger partial charge < -0.3 is 10.6 Å². The molecule has 0 amide bonds. The van der Waals surface area contributed by atoms with Crippen molar-refractivity contribution in [2.24, 2.45) is 11.7 Å². The molecule has 0 bridgehead atoms. The zero-order chi connectivity index (χ0) is 12.2. The van der Waals surface area contributed by atoms with Crippen molar-refractivity contribution in [1.29, 1.82) is 0 Å². The molecule has 0 aliphatic rings. The molecule has 0 fully saturated rings. The molecule has 1 unspecified atom stereocenters. The van der Waals surface area contributed by atoms with Gasteiger partial charge in [0.1, 0.15) is 0 Å². The molecule has 1 rings (SSSR count). The molecule has 1 aromatic heterocycles. The van der Waals surface area contributed by atoms with Gasteiger partial charge in [0.25, 0.3) is 0 Å². The standard InChI is InChI=1S/C10H15F3N2S/c1-15(7-9-3-2-4-16-9)6-8(5-14)10(11,12)13/h2-4,8H,5-7,14H2,1H3. The molecular formula is C10H15F3N2S. The Bertz CT molecular complexity index is 298. The molecule has 2 nitrogen and oxygen atoms in total. The van der Waals surface area contributed by atoms with Crippen molar-refractivity contribution in [3.8, 4) is 0 Å². The zero-order valence-electron chi connectivity index (χ0n) is 9.00. The summed E-state index contributed by atoms with van der Waals surface area (Å²) in [5, 5.41) is 1.91. The van der Waals surface area contributed by atoms with Crippen molar-refractivity contribution in [1.82, 2.24) is 4.90 Å². The van der Waals surface area contributed by atoms with Gasteiger partial charge in [-0.05, 0) is 18.5 Å². The van der Waals surface area contributed by atoms with Crippen LogP contribution in [0.5, 0.6) is 0 Å². The van der Waals surface area contributed by atoms with Crippen LogP contribution >= 0.6 is 11.3 Å². The lowest BCUT2D eigenvalue weighted by atomic mass is 10.1. The molecule has 6 heteroatoms. The fraction of sp³-hybridized carbons (Fsp3) is 0.600. The Morgan fingerprint density at radius 1 is 1.50 bits per heavy atom. The summed E-state index contributed by atoms with van der Waals surface area (Å²) in [5.41, 5.74) is 5.14. The summed E-state index contributed by atoms with van der Waals surface area (Å²) < 4.78 is 37.4. The maximum Gasteiger partial charge on any atom is 0.394 e. The number of rotatable bonds is 5. The number of nitrogens with two attached hydrogens (primary N) is 1. The van der Waals surface area contributed by atoms with Crippen molar-refractivity contribution in [3.05, 3.63) is 22.4 Å². The van der Waals surface area contributed by atoms with Crippen molar-refractivity contribution < 1.29 is 13.2 Å². The highest BCUT2D eigenvalue weighted by Gasteiger charge is 2.38. The number of thiophene rings is 1. The Hall–Kier alpha value is -0.590. The molecule has 92 valence electrons. The summed E-state index contributed by atoms with van der Waals surface area (Å²) in [6.07, 6.45) is -4.21. The van der Waals surface area contributed by atoms with Gasteiger partial charge in [-0.2, -0.15) is 13.2 Å². The van der Waals surface area contributed by atoms with Crippen LogP contribution in [0.15, 0.2) is 17.5 Å². The van der Waals surface area contributed by atoms with Crippen LogP contribution in [0.4, 0.5) is 13.2 Å². The predicted octanol–water partition coefficient (Wildman–Crippen LogP) is 2.32. The molecule has 2 N–H and O–H groups in total. The second-order valence-electron chi connectivity index (χ2n) is 3.75. The fourth-order valence-electron chi connectivity index (χ4n) is 1.42. The van der Waals surface area contributed by atoms with Crippen LogP contribution in [0, 0.1) is 5.92 Å². The predicted molar refractivity (Wildman–Crippen MR) is 59.3 cm³/mol. The summed E-state index contributed by atoms with van der Waals surface area (Å²) >= 11 is 1.54. The minimum Gasteiger partial charge on any atom is -0.330 e. The van der Waals surface area contributed by atoms with Crippen molar-refractivity contribution in [2.75, 3.05) is 20.1 Å². The molecular weight excluding hydrogens is 237 g/mol. The highest BCUT2D eigenvalue weighted by Crippen LogP contribution is 2.26. The number of nitrogens with zero attached hydrogens (tertiary/aromatic N) is 1. The molecule has 0 saturated heterocycles. The second kappa shape index (κ2) is 5.65. The van der Waals surface area contributed by atoms with E-state index in [1.54, 1.807) is 11.9 Å². The number of alkyl halides is 3. The highest BCUT2D eigenvalue weighted by atomic mass is 32.1. The molecule has 1 aromatic rings. The van der Waals surface area contributed by atoms with E-state index in [0.29, 0.717) is 6.54 Å². The van der Waals surface area contributed by atoms with Crippen LogP contribution < -0.4 is 5.73 Å². The van der Waals surface area contributed by atoms with E-state index in [-0.39, 0.29) is 13.1 Å². The number of hydrogen-bond donors (Lipinski definition) is 1. The Balaban J connectivity index is 2.46. The van der Waals surface area contributed by atoms with Gasteiger partial charge in [0.05, 0.1) is 5.92 Å². The Kier molecular flexibility index (Phi) is 4.76. The van der Waals surface area contributed by atoms with Crippen LogP contribution in [0.3, 0.4) is 0 Å². The first kappa shape index (κ1) is 13.5. The third-order valence-corrected chi connectivity index (χ3v) is 3.15. The largest absolute Gasteiger partial charge is 0.394 e. The van der Waals surface area contributed by atoms with Crippen molar-refractivity contribution in [3.63, 3.8) is 0 Å². The molecule has 1 atom stereocenters. The Morgan fingerprint density at radius 3 is 2.62 bits per heavy atom. The van der Waals surface area contributed by atoms with E-state index in [0.717, 1.165) is 4.88 Å². The smallest absolute Gasteiger partial charge is 0.330 e. The zero-order valence-corrected chi connectivity index (χ0v) is 9.81. The molecule has 16 heavy (non-hydrogen) atoms. The van der Waals surface area contributed by atoms with Gasteiger partial charge in [-0.15, -0.1) is 11.3 Å². The Labute approximate surface area is 96.9 Å². The number of hydrogen-bond acceptors (Lipinski definition) is 3. The molecule has 1 heterocycles. The Morgan fingerprint density at radius 2 is 2.19 bits per heavy atom. The SMILES string of the molecule is CN(Cc1cccs1)CC(CN)C(F)(F)F. The van der Waals surface area contributed by atoms with E-state index in [2.05, 4.69) is 0 Å². The van der Waals surface area contributed by atoms with Gasteiger partial charge in [-0.1, -0.05) is 6.07 Å². The van der Waals surface area contributed by atoms with Crippen LogP contribution in [-0.4, -0.2) is 31.2 Å². The average molecular weight is 252 g/mol. The quantitative estimate of drug-likeness (QED) is 0.871. The van der Waals surface area contributed by atoms with Gasteiger partial charge in [0, 0.05) is 24.5 Å². The fourth-order valence-corrected chi connectivity index (χ4v) is 2.21. The second-order valence-corrected chi connectivity index (χ2v) is 4.78. The van der Waals surface area contributed by atoms with Crippen LogP contribution in [0.25, 0.3) is 0 Å². The van der Waals surface area contributed by atoms with Crippen LogP contribution in [0.2, 0.25) is 0 Å². The van der Waals surface area contributed by atoms with E-state index in [1.807, 2.05) is 17.5 Å². The average Bonchev–Trinajstić information content (AvgIpc) is 2.64. The van der Waals surface area contributed by atoms with E-state index in [9.17, 15) is 13.2 Å². The van der Waals surface area contributed by atoms with Gasteiger partial charge in [0.15, 0.2) is 0 Å². The minimum absolute atomic E-state index is 0.0576. The monoisotopic (exact) mass is 252 g/mol. The summed E-state index contributed by atoms with van der Waals surface area (Å²) in [7, 11) is 1.67. The summed E-state index contributed by atoms with van der Waals surface area (Å²) in [4.78, 5) is 2.71. The topological polar surface area (TPSA) is 29.3 Å². The first-order valence-corrected chi connectivity index (χ1v) is 5.79. The number of halogens is 3. The molecule has 0 aromatic carbocycles. The third-order valence-electron chi connectivity index (χ3n) is 2.29. The minimum atomic E-state index is -4.21. The van der Waals surface area contributed by atoms with Gasteiger partial charge in [-0.25, -0.2) is 0 Å². The molecule has 0 aliphatic heterocycles. The molecule has 0 spiro atoms. The maximum atomic E-state index is 12.5. The first-order chi connectivity index (χ1) is 7.43. The summed E-state index contributed by atoms with van der Waals surface area (Å²) in [5.74, 6) is -1.45. The lowest BCUT2D eigenvalue weighted by Gasteiger charge is -2.24. The molecule has 0 radical (unpaired) electrons. The highest BCUT2D eigenvalue weighted by molar-refractivity contribution is 7.09. The van der Waals surface area contributed by atoms with E-state index < -0.39 is 12.1 Å². The van der Waals surface area contributed by atoms with Crippen LogP contribution in [-0.2, 0) is 6.54 Å². The normalized spacial score (nSPS) is 14.4. The van der Waals surface area contributed by atoms with Gasteiger partial charge in [-0.3, -0.25) is 0 Å². The lowest BCUT2D eigenvalue weighted by Crippen LogP contribution is -2.39. The maximum absolute atomic E-state index is 12.5. The van der Waals surface area contributed by atoms with E-state index in [1.165, 1.54) is 11.3 Å². The molecule has 0 aliphatic carbocycles.